The van der Waals surface area contributed by atoms with Crippen LogP contribution < -0.4 is 11.3 Å². The van der Waals surface area contributed by atoms with Crippen LogP contribution in [-0.2, 0) is 6.54 Å². The Balaban J connectivity index is 2.78. The summed E-state index contributed by atoms with van der Waals surface area (Å²) < 4.78 is 0. The molecule has 12 heavy (non-hydrogen) atoms. The molecular formula is C7H9N3O2. The van der Waals surface area contributed by atoms with Gasteiger partial charge >= 0.3 is 5.97 Å². The van der Waals surface area contributed by atoms with E-state index in [-0.39, 0.29) is 5.56 Å². The molecule has 0 aliphatic rings. The van der Waals surface area contributed by atoms with E-state index in [1.54, 1.807) is 6.07 Å². The lowest BCUT2D eigenvalue weighted by atomic mass is 10.2. The second-order valence-corrected chi connectivity index (χ2v) is 2.22. The average Bonchev–Trinajstić information content (AvgIpc) is 2.06. The van der Waals surface area contributed by atoms with Gasteiger partial charge in [-0.15, -0.1) is 0 Å². The van der Waals surface area contributed by atoms with Gasteiger partial charge in [0.1, 0.15) is 0 Å². The van der Waals surface area contributed by atoms with Crippen LogP contribution in [0.15, 0.2) is 18.3 Å². The monoisotopic (exact) mass is 167 g/mol. The maximum Gasteiger partial charge on any atom is 0.337 e. The molecular weight excluding hydrogens is 158 g/mol. The Kier molecular flexibility index (Phi) is 2.73. The molecule has 0 bridgehead atoms. The van der Waals surface area contributed by atoms with Crippen LogP contribution in [0.5, 0.6) is 0 Å². The fourth-order valence-electron chi connectivity index (χ4n) is 0.760. The van der Waals surface area contributed by atoms with E-state index in [0.29, 0.717) is 12.2 Å². The molecule has 4 N–H and O–H groups in total. The number of aromatic carboxylic acids is 1. The van der Waals surface area contributed by atoms with E-state index in [9.17, 15) is 4.79 Å². The van der Waals surface area contributed by atoms with E-state index in [1.165, 1.54) is 12.3 Å². The van der Waals surface area contributed by atoms with Crippen molar-refractivity contribution in [3.8, 4) is 0 Å². The molecule has 0 aromatic carbocycles. The highest BCUT2D eigenvalue weighted by atomic mass is 16.4. The zero-order chi connectivity index (χ0) is 8.97. The number of aromatic nitrogens is 1. The fourth-order valence-corrected chi connectivity index (χ4v) is 0.760. The summed E-state index contributed by atoms with van der Waals surface area (Å²) in [5.74, 6) is 4.07. The number of hydrogen-bond donors (Lipinski definition) is 3. The molecule has 64 valence electrons. The molecule has 0 radical (unpaired) electrons. The third-order valence-electron chi connectivity index (χ3n) is 1.35. The van der Waals surface area contributed by atoms with Crippen LogP contribution in [0.4, 0.5) is 0 Å². The Labute approximate surface area is 69.2 Å². The van der Waals surface area contributed by atoms with Crippen molar-refractivity contribution in [1.82, 2.24) is 10.4 Å². The molecule has 0 unspecified atom stereocenters. The van der Waals surface area contributed by atoms with Crippen LogP contribution in [0.2, 0.25) is 0 Å². The lowest BCUT2D eigenvalue weighted by Gasteiger charge is -1.98. The first-order chi connectivity index (χ1) is 5.74. The molecule has 0 aliphatic carbocycles. The number of carboxylic acid groups (broad SMARTS) is 1. The van der Waals surface area contributed by atoms with Gasteiger partial charge in [0, 0.05) is 6.20 Å². The molecule has 0 atom stereocenters. The molecule has 1 heterocycles. The number of nitrogens with zero attached hydrogens (tertiary/aromatic N) is 1. The van der Waals surface area contributed by atoms with E-state index in [2.05, 4.69) is 10.4 Å². The summed E-state index contributed by atoms with van der Waals surface area (Å²) in [6.45, 7) is 0.430. The van der Waals surface area contributed by atoms with Crippen molar-refractivity contribution in [2.75, 3.05) is 0 Å². The number of carboxylic acids is 1. The maximum atomic E-state index is 10.4. The third-order valence-corrected chi connectivity index (χ3v) is 1.35. The molecule has 0 spiro atoms. The standard InChI is InChI=1S/C7H9N3O2/c8-10-4-6-2-1-5(3-9-6)7(11)12/h1-3,10H,4,8H2,(H,11,12). The van der Waals surface area contributed by atoms with Gasteiger partial charge in [0.25, 0.3) is 0 Å². The summed E-state index contributed by atoms with van der Waals surface area (Å²) in [5.41, 5.74) is 3.31. The van der Waals surface area contributed by atoms with Gasteiger partial charge < -0.3 is 5.11 Å². The Hall–Kier alpha value is -1.46. The molecule has 1 aromatic rings. The Morgan fingerprint density at radius 3 is 2.83 bits per heavy atom. The Morgan fingerprint density at radius 2 is 2.42 bits per heavy atom. The van der Waals surface area contributed by atoms with Crippen LogP contribution in [0.1, 0.15) is 16.1 Å². The van der Waals surface area contributed by atoms with Gasteiger partial charge in [-0.1, -0.05) is 0 Å². The van der Waals surface area contributed by atoms with Crippen LogP contribution >= 0.6 is 0 Å². The van der Waals surface area contributed by atoms with Crippen molar-refractivity contribution in [2.24, 2.45) is 5.84 Å². The summed E-state index contributed by atoms with van der Waals surface area (Å²) >= 11 is 0. The van der Waals surface area contributed by atoms with Crippen molar-refractivity contribution in [3.63, 3.8) is 0 Å². The molecule has 0 amide bonds. The summed E-state index contributed by atoms with van der Waals surface area (Å²) in [4.78, 5) is 14.3. The number of nitrogens with one attached hydrogen (secondary N) is 1. The highest BCUT2D eigenvalue weighted by molar-refractivity contribution is 5.87. The number of nitrogens with two attached hydrogens (primary N) is 1. The summed E-state index contributed by atoms with van der Waals surface area (Å²) in [5, 5.41) is 8.53. The maximum absolute atomic E-state index is 10.4. The van der Waals surface area contributed by atoms with Crippen LogP contribution in [0.25, 0.3) is 0 Å². The van der Waals surface area contributed by atoms with Crippen LogP contribution in [0, 0.1) is 0 Å². The summed E-state index contributed by atoms with van der Waals surface area (Å²) in [7, 11) is 0. The lowest BCUT2D eigenvalue weighted by molar-refractivity contribution is 0.0696. The zero-order valence-corrected chi connectivity index (χ0v) is 6.32. The molecule has 0 saturated carbocycles. The molecule has 5 heteroatoms. The number of hydrogen-bond acceptors (Lipinski definition) is 4. The molecule has 0 fully saturated rings. The molecule has 0 saturated heterocycles. The highest BCUT2D eigenvalue weighted by Gasteiger charge is 2.01. The molecule has 0 aliphatic heterocycles. The first-order valence-electron chi connectivity index (χ1n) is 3.35. The van der Waals surface area contributed by atoms with Crippen molar-refractivity contribution in [2.45, 2.75) is 6.54 Å². The van der Waals surface area contributed by atoms with Gasteiger partial charge in [-0.3, -0.25) is 16.3 Å². The third kappa shape index (κ3) is 2.01. The first kappa shape index (κ1) is 8.63. The van der Waals surface area contributed by atoms with E-state index in [1.807, 2.05) is 0 Å². The topological polar surface area (TPSA) is 88.2 Å². The minimum absolute atomic E-state index is 0.177. The van der Waals surface area contributed by atoms with Crippen LogP contribution in [0.3, 0.4) is 0 Å². The van der Waals surface area contributed by atoms with Gasteiger partial charge in [0.15, 0.2) is 0 Å². The van der Waals surface area contributed by atoms with Crippen molar-refractivity contribution in [3.05, 3.63) is 29.6 Å². The highest BCUT2D eigenvalue weighted by Crippen LogP contribution is 1.99. The largest absolute Gasteiger partial charge is 0.478 e. The second-order valence-electron chi connectivity index (χ2n) is 2.22. The van der Waals surface area contributed by atoms with Crippen molar-refractivity contribution < 1.29 is 9.90 Å². The zero-order valence-electron chi connectivity index (χ0n) is 6.32. The molecule has 1 rings (SSSR count). The minimum atomic E-state index is -0.977. The summed E-state index contributed by atoms with van der Waals surface area (Å²) in [6, 6.07) is 3.10. The Morgan fingerprint density at radius 1 is 1.67 bits per heavy atom. The van der Waals surface area contributed by atoms with E-state index < -0.39 is 5.97 Å². The van der Waals surface area contributed by atoms with Gasteiger partial charge in [0.05, 0.1) is 17.8 Å². The second kappa shape index (κ2) is 3.80. The van der Waals surface area contributed by atoms with Crippen molar-refractivity contribution in [1.29, 1.82) is 0 Å². The van der Waals surface area contributed by atoms with Gasteiger partial charge in [-0.25, -0.2) is 4.79 Å². The van der Waals surface area contributed by atoms with Crippen LogP contribution in [-0.4, -0.2) is 16.1 Å². The molecule has 5 nitrogen and oxygen atoms in total. The summed E-state index contributed by atoms with van der Waals surface area (Å²) in [6.07, 6.45) is 1.30. The predicted molar refractivity (Wildman–Crippen MR) is 42.2 cm³/mol. The average molecular weight is 167 g/mol. The smallest absolute Gasteiger partial charge is 0.337 e. The first-order valence-corrected chi connectivity index (χ1v) is 3.35. The lowest BCUT2D eigenvalue weighted by Crippen LogP contribution is -2.21. The normalized spacial score (nSPS) is 9.75. The predicted octanol–water partition coefficient (Wildman–Crippen LogP) is -0.257. The number of pyridine rings is 1. The number of hydrazine groups is 1. The number of carbonyl (C=O) groups is 1. The van der Waals surface area contributed by atoms with E-state index >= 15 is 0 Å². The molecule has 1 aromatic heterocycles. The van der Waals surface area contributed by atoms with E-state index in [4.69, 9.17) is 10.9 Å². The number of rotatable bonds is 3. The van der Waals surface area contributed by atoms with Crippen molar-refractivity contribution >= 4 is 5.97 Å². The Bertz CT molecular complexity index is 270. The van der Waals surface area contributed by atoms with Gasteiger partial charge in [0.2, 0.25) is 0 Å². The minimum Gasteiger partial charge on any atom is -0.478 e. The fraction of sp³-hybridized carbons (Fsp3) is 0.143. The van der Waals surface area contributed by atoms with Gasteiger partial charge in [-0.2, -0.15) is 0 Å². The van der Waals surface area contributed by atoms with Gasteiger partial charge in [-0.05, 0) is 12.1 Å². The SMILES string of the molecule is NNCc1ccc(C(=O)O)cn1. The van der Waals surface area contributed by atoms with E-state index in [0.717, 1.165) is 0 Å². The quantitative estimate of drug-likeness (QED) is 0.426.